The molecule has 0 saturated heterocycles. The van der Waals surface area contributed by atoms with Crippen LogP contribution in [-0.2, 0) is 0 Å². The summed E-state index contributed by atoms with van der Waals surface area (Å²) in [7, 11) is 0. The topological polar surface area (TPSA) is 106 Å². The van der Waals surface area contributed by atoms with Crippen LogP contribution in [0.1, 0.15) is 30.9 Å². The minimum atomic E-state index is -0.516. The second kappa shape index (κ2) is 8.74. The number of aromatic amines is 1. The van der Waals surface area contributed by atoms with Gasteiger partial charge in [-0.2, -0.15) is 5.26 Å². The van der Waals surface area contributed by atoms with Gasteiger partial charge in [0, 0.05) is 15.6 Å². The van der Waals surface area contributed by atoms with Crippen LogP contribution in [0.5, 0.6) is 17.4 Å². The molecule has 2 heterocycles. The molecule has 31 heavy (non-hydrogen) atoms. The van der Waals surface area contributed by atoms with Gasteiger partial charge in [0.05, 0.1) is 30.4 Å². The van der Waals surface area contributed by atoms with Gasteiger partial charge in [0.15, 0.2) is 0 Å². The first kappa shape index (κ1) is 20.8. The van der Waals surface area contributed by atoms with Gasteiger partial charge in [-0.1, -0.05) is 28.1 Å². The molecule has 158 valence electrons. The highest BCUT2D eigenvalue weighted by Crippen LogP contribution is 2.48. The van der Waals surface area contributed by atoms with Crippen LogP contribution >= 0.6 is 15.9 Å². The number of hydrogen-bond donors (Lipinski definition) is 2. The summed E-state index contributed by atoms with van der Waals surface area (Å²) < 4.78 is 18.1. The standard InChI is InChI=1S/C23H21BrN4O3/c1-3-29-15-7-5-6-13(10-15)21-20-19(16-11-14(24)8-9-18(16)30-4-2)17(12-25)22(26)31-23(20)28-27-21/h5-11,19H,3-4,26H2,1-2H3,(H,27,28). The zero-order chi connectivity index (χ0) is 22.0. The maximum absolute atomic E-state index is 9.95. The summed E-state index contributed by atoms with van der Waals surface area (Å²) in [6.07, 6.45) is 0. The summed E-state index contributed by atoms with van der Waals surface area (Å²) in [5.74, 6) is 1.26. The van der Waals surface area contributed by atoms with Crippen LogP contribution in [0.2, 0.25) is 0 Å². The van der Waals surface area contributed by atoms with Gasteiger partial charge in [-0.3, -0.25) is 5.10 Å². The Bertz CT molecular complexity index is 1200. The van der Waals surface area contributed by atoms with Gasteiger partial charge in [0.1, 0.15) is 23.1 Å². The van der Waals surface area contributed by atoms with E-state index >= 15 is 0 Å². The van der Waals surface area contributed by atoms with E-state index < -0.39 is 5.92 Å². The number of aromatic nitrogens is 2. The number of nitrogens with zero attached hydrogens (tertiary/aromatic N) is 2. The maximum atomic E-state index is 9.95. The lowest BCUT2D eigenvalue weighted by molar-refractivity contribution is 0.334. The van der Waals surface area contributed by atoms with Crippen LogP contribution in [-0.4, -0.2) is 23.4 Å². The Morgan fingerprint density at radius 1 is 1.19 bits per heavy atom. The van der Waals surface area contributed by atoms with Crippen LogP contribution in [0.3, 0.4) is 0 Å². The van der Waals surface area contributed by atoms with Gasteiger partial charge in [0.25, 0.3) is 0 Å². The molecule has 7 nitrogen and oxygen atoms in total. The molecule has 0 bridgehead atoms. The van der Waals surface area contributed by atoms with Crippen molar-refractivity contribution < 1.29 is 14.2 Å². The average molecular weight is 481 g/mol. The van der Waals surface area contributed by atoms with Gasteiger partial charge in [-0.15, -0.1) is 5.10 Å². The lowest BCUT2D eigenvalue weighted by atomic mass is 9.82. The number of fused-ring (bicyclic) bond motifs is 1. The van der Waals surface area contributed by atoms with E-state index in [4.69, 9.17) is 19.9 Å². The van der Waals surface area contributed by atoms with Crippen molar-refractivity contribution in [2.75, 3.05) is 13.2 Å². The third-order valence-electron chi connectivity index (χ3n) is 4.96. The summed E-state index contributed by atoms with van der Waals surface area (Å²) >= 11 is 3.53. The van der Waals surface area contributed by atoms with Crippen LogP contribution < -0.4 is 19.9 Å². The van der Waals surface area contributed by atoms with Crippen molar-refractivity contribution in [1.82, 2.24) is 10.2 Å². The number of allylic oxidation sites excluding steroid dienone is 1. The van der Waals surface area contributed by atoms with E-state index in [9.17, 15) is 5.26 Å². The summed E-state index contributed by atoms with van der Waals surface area (Å²) in [5, 5.41) is 17.3. The highest BCUT2D eigenvalue weighted by Gasteiger charge is 2.37. The molecule has 2 aromatic carbocycles. The number of nitriles is 1. The van der Waals surface area contributed by atoms with Crippen molar-refractivity contribution in [2.24, 2.45) is 5.73 Å². The van der Waals surface area contributed by atoms with E-state index in [2.05, 4.69) is 32.2 Å². The fourth-order valence-corrected chi connectivity index (χ4v) is 4.09. The fraction of sp³-hybridized carbons (Fsp3) is 0.217. The molecule has 1 unspecified atom stereocenters. The molecule has 8 heteroatoms. The summed E-state index contributed by atoms with van der Waals surface area (Å²) in [6, 6.07) is 15.6. The largest absolute Gasteiger partial charge is 0.494 e. The molecular formula is C23H21BrN4O3. The Morgan fingerprint density at radius 3 is 2.74 bits per heavy atom. The summed E-state index contributed by atoms with van der Waals surface area (Å²) in [5.41, 5.74) is 9.52. The number of benzene rings is 2. The molecule has 0 spiro atoms. The molecule has 0 aliphatic carbocycles. The molecule has 0 fully saturated rings. The number of hydrogen-bond acceptors (Lipinski definition) is 6. The Morgan fingerprint density at radius 2 is 2.00 bits per heavy atom. The van der Waals surface area contributed by atoms with E-state index in [1.807, 2.05) is 56.3 Å². The molecule has 3 N–H and O–H groups in total. The molecule has 0 amide bonds. The zero-order valence-electron chi connectivity index (χ0n) is 17.1. The predicted octanol–water partition coefficient (Wildman–Crippen LogP) is 4.85. The van der Waals surface area contributed by atoms with Gasteiger partial charge in [-0.05, 0) is 44.2 Å². The summed E-state index contributed by atoms with van der Waals surface area (Å²) in [6.45, 7) is 4.90. The maximum Gasteiger partial charge on any atom is 0.244 e. The van der Waals surface area contributed by atoms with Crippen molar-refractivity contribution in [1.29, 1.82) is 5.26 Å². The van der Waals surface area contributed by atoms with Crippen molar-refractivity contribution in [3.63, 3.8) is 0 Å². The number of halogens is 1. The summed E-state index contributed by atoms with van der Waals surface area (Å²) in [4.78, 5) is 0. The molecule has 1 aromatic heterocycles. The van der Waals surface area contributed by atoms with E-state index in [1.165, 1.54) is 0 Å². The highest BCUT2D eigenvalue weighted by molar-refractivity contribution is 9.10. The van der Waals surface area contributed by atoms with E-state index in [0.29, 0.717) is 30.4 Å². The lowest BCUT2D eigenvalue weighted by Gasteiger charge is -2.26. The van der Waals surface area contributed by atoms with Crippen LogP contribution in [0, 0.1) is 11.3 Å². The molecule has 0 saturated carbocycles. The third kappa shape index (κ3) is 3.84. The van der Waals surface area contributed by atoms with Crippen LogP contribution in [0.25, 0.3) is 11.3 Å². The number of H-pyrrole nitrogens is 1. The Hall–Kier alpha value is -3.44. The monoisotopic (exact) mass is 480 g/mol. The average Bonchev–Trinajstić information content (AvgIpc) is 3.18. The molecular weight excluding hydrogens is 460 g/mol. The molecule has 1 aliphatic heterocycles. The number of ether oxygens (including phenoxy) is 3. The lowest BCUT2D eigenvalue weighted by Crippen LogP contribution is -2.21. The second-order valence-electron chi connectivity index (χ2n) is 6.82. The Kier molecular flexibility index (Phi) is 5.87. The van der Waals surface area contributed by atoms with Gasteiger partial charge >= 0.3 is 0 Å². The predicted molar refractivity (Wildman–Crippen MR) is 120 cm³/mol. The van der Waals surface area contributed by atoms with Crippen molar-refractivity contribution in [2.45, 2.75) is 19.8 Å². The Balaban J connectivity index is 1.95. The van der Waals surface area contributed by atoms with Crippen LogP contribution in [0.15, 0.2) is 58.4 Å². The van der Waals surface area contributed by atoms with E-state index in [-0.39, 0.29) is 5.88 Å². The minimum Gasteiger partial charge on any atom is -0.494 e. The van der Waals surface area contributed by atoms with Crippen molar-refractivity contribution in [3.05, 3.63) is 69.5 Å². The normalized spacial score (nSPS) is 15.1. The quantitative estimate of drug-likeness (QED) is 0.521. The second-order valence-corrected chi connectivity index (χ2v) is 7.73. The minimum absolute atomic E-state index is 0.0311. The molecule has 3 aromatic rings. The first-order valence-corrected chi connectivity index (χ1v) is 10.7. The van der Waals surface area contributed by atoms with Crippen LogP contribution in [0.4, 0.5) is 0 Å². The van der Waals surface area contributed by atoms with Gasteiger partial charge in [-0.25, -0.2) is 0 Å². The molecule has 4 rings (SSSR count). The van der Waals surface area contributed by atoms with Gasteiger partial charge in [0.2, 0.25) is 11.8 Å². The third-order valence-corrected chi connectivity index (χ3v) is 5.45. The van der Waals surface area contributed by atoms with E-state index in [0.717, 1.165) is 32.6 Å². The molecule has 1 atom stereocenters. The fourth-order valence-electron chi connectivity index (χ4n) is 3.72. The first-order valence-electron chi connectivity index (χ1n) is 9.88. The number of nitrogens with one attached hydrogen (secondary N) is 1. The van der Waals surface area contributed by atoms with Crippen molar-refractivity contribution >= 4 is 15.9 Å². The molecule has 1 aliphatic rings. The Labute approximate surface area is 188 Å². The molecule has 0 radical (unpaired) electrons. The van der Waals surface area contributed by atoms with Gasteiger partial charge < -0.3 is 19.9 Å². The highest BCUT2D eigenvalue weighted by atomic mass is 79.9. The zero-order valence-corrected chi connectivity index (χ0v) is 18.7. The smallest absolute Gasteiger partial charge is 0.244 e. The first-order chi connectivity index (χ1) is 15.1. The van der Waals surface area contributed by atoms with Crippen molar-refractivity contribution in [3.8, 4) is 34.7 Å². The van der Waals surface area contributed by atoms with E-state index in [1.54, 1.807) is 0 Å². The SMILES string of the molecule is CCOc1cccc(-c2[nH]nc3c2C(c2cc(Br)ccc2OCC)C(C#N)=C(N)O3)c1. The number of nitrogens with two attached hydrogens (primary N) is 1. The number of rotatable bonds is 6.